The van der Waals surface area contributed by atoms with Crippen molar-refractivity contribution in [2.24, 2.45) is 0 Å². The van der Waals surface area contributed by atoms with Crippen molar-refractivity contribution < 1.29 is 9.59 Å². The minimum atomic E-state index is -0.111. The van der Waals surface area contributed by atoms with E-state index < -0.39 is 0 Å². The summed E-state index contributed by atoms with van der Waals surface area (Å²) in [7, 11) is 0. The molecule has 0 aliphatic rings. The zero-order valence-electron chi connectivity index (χ0n) is 26.7. The molecule has 2 aromatic carbocycles. The minimum absolute atomic E-state index is 0.111. The van der Waals surface area contributed by atoms with Crippen LogP contribution in [0.5, 0.6) is 0 Å². The van der Waals surface area contributed by atoms with Crippen LogP contribution in [0.3, 0.4) is 0 Å². The molecule has 0 saturated heterocycles. The van der Waals surface area contributed by atoms with Gasteiger partial charge in [-0.3, -0.25) is 39.3 Å². The molecule has 0 spiro atoms. The number of para-hydroxylation sites is 2. The Bertz CT molecular complexity index is 1800. The molecule has 0 bridgehead atoms. The average Bonchev–Trinajstić information content (AvgIpc) is 3.11. The lowest BCUT2D eigenvalue weighted by Gasteiger charge is -2.24. The molecule has 6 rings (SSSR count). The number of rotatable bonds is 15. The summed E-state index contributed by atoms with van der Waals surface area (Å²) >= 11 is 0. The van der Waals surface area contributed by atoms with Crippen molar-refractivity contribution in [3.63, 3.8) is 0 Å². The lowest BCUT2D eigenvalue weighted by molar-refractivity contribution is -0.118. The lowest BCUT2D eigenvalue weighted by Crippen LogP contribution is -2.35. The van der Waals surface area contributed by atoms with Crippen molar-refractivity contribution in [3.8, 4) is 0 Å². The van der Waals surface area contributed by atoms with Gasteiger partial charge in [0.25, 0.3) is 0 Å². The van der Waals surface area contributed by atoms with Crippen LogP contribution in [0.15, 0.2) is 122 Å². The highest BCUT2D eigenvalue weighted by Gasteiger charge is 2.16. The Morgan fingerprint density at radius 1 is 0.500 bits per heavy atom. The van der Waals surface area contributed by atoms with E-state index in [1.807, 2.05) is 97.1 Å². The molecule has 0 aliphatic heterocycles. The second kappa shape index (κ2) is 16.3. The van der Waals surface area contributed by atoms with Crippen LogP contribution < -0.4 is 10.6 Å². The maximum absolute atomic E-state index is 13.3. The quantitative estimate of drug-likeness (QED) is 0.133. The summed E-state index contributed by atoms with van der Waals surface area (Å²) in [4.78, 5) is 48.7. The van der Waals surface area contributed by atoms with Gasteiger partial charge in [-0.2, -0.15) is 0 Å². The molecule has 48 heavy (non-hydrogen) atoms. The lowest BCUT2D eigenvalue weighted by atomic mass is 10.2. The van der Waals surface area contributed by atoms with Crippen LogP contribution >= 0.6 is 0 Å². The van der Waals surface area contributed by atoms with Crippen LogP contribution in [0.2, 0.25) is 0 Å². The summed E-state index contributed by atoms with van der Waals surface area (Å²) in [5.41, 5.74) is 4.70. The number of nitrogens with one attached hydrogen (secondary N) is 2. The number of nitrogens with zero attached hydrogens (tertiary/aromatic N) is 6. The van der Waals surface area contributed by atoms with Gasteiger partial charge in [0.15, 0.2) is 0 Å². The third-order valence-electron chi connectivity index (χ3n) is 7.97. The maximum atomic E-state index is 13.3. The van der Waals surface area contributed by atoms with E-state index in [-0.39, 0.29) is 24.9 Å². The average molecular weight is 639 g/mol. The summed E-state index contributed by atoms with van der Waals surface area (Å²) in [5.74, 6) is -0.221. The van der Waals surface area contributed by atoms with Crippen LogP contribution in [0, 0.1) is 0 Å². The first kappa shape index (κ1) is 32.4. The van der Waals surface area contributed by atoms with Crippen LogP contribution in [0.4, 0.5) is 11.4 Å². The predicted octanol–water partition coefficient (Wildman–Crippen LogP) is 5.93. The molecule has 0 aliphatic carbocycles. The predicted molar refractivity (Wildman–Crippen MR) is 189 cm³/mol. The Labute approximate surface area is 279 Å². The number of hydrogen-bond donors (Lipinski definition) is 2. The van der Waals surface area contributed by atoms with E-state index >= 15 is 0 Å². The zero-order chi connectivity index (χ0) is 33.0. The van der Waals surface area contributed by atoms with Gasteiger partial charge in [-0.25, -0.2) is 0 Å². The van der Waals surface area contributed by atoms with E-state index in [4.69, 9.17) is 0 Å². The summed E-state index contributed by atoms with van der Waals surface area (Å²) in [6.07, 6.45) is 8.64. The fraction of sp³-hybridized carbons (Fsp3) is 0.211. The second-order valence-corrected chi connectivity index (χ2v) is 11.6. The van der Waals surface area contributed by atoms with Gasteiger partial charge >= 0.3 is 0 Å². The van der Waals surface area contributed by atoms with Gasteiger partial charge in [0.1, 0.15) is 0 Å². The van der Waals surface area contributed by atoms with Crippen molar-refractivity contribution in [1.29, 1.82) is 0 Å². The van der Waals surface area contributed by atoms with Crippen LogP contribution in [0.25, 0.3) is 21.8 Å². The van der Waals surface area contributed by atoms with E-state index in [1.54, 1.807) is 24.8 Å². The van der Waals surface area contributed by atoms with Gasteiger partial charge in [-0.05, 0) is 74.5 Å². The first-order chi connectivity index (χ1) is 23.6. The van der Waals surface area contributed by atoms with Crippen molar-refractivity contribution in [2.45, 2.75) is 25.9 Å². The second-order valence-electron chi connectivity index (χ2n) is 11.6. The molecule has 242 valence electrons. The van der Waals surface area contributed by atoms with Crippen LogP contribution in [0.1, 0.15) is 24.2 Å². The number of carbonyl (C=O) groups excluding carboxylic acids is 2. The minimum Gasteiger partial charge on any atom is -0.323 e. The van der Waals surface area contributed by atoms with Gasteiger partial charge in [-0.1, -0.05) is 48.5 Å². The number of pyridine rings is 4. The van der Waals surface area contributed by atoms with Gasteiger partial charge in [0.2, 0.25) is 11.8 Å². The molecular formula is C38H38N8O2. The summed E-state index contributed by atoms with van der Waals surface area (Å²) in [5, 5.41) is 8.07. The number of hydrogen-bond acceptors (Lipinski definition) is 8. The topological polar surface area (TPSA) is 116 Å². The number of anilines is 2. The van der Waals surface area contributed by atoms with Gasteiger partial charge in [0, 0.05) is 48.6 Å². The highest BCUT2D eigenvalue weighted by atomic mass is 16.2. The molecule has 10 heteroatoms. The number of unbranched alkanes of at least 4 members (excludes halogenated alkanes) is 1. The molecule has 4 aromatic heterocycles. The van der Waals surface area contributed by atoms with Crippen molar-refractivity contribution in [1.82, 2.24) is 29.7 Å². The Balaban J connectivity index is 1.08. The summed E-state index contributed by atoms with van der Waals surface area (Å²) in [6.45, 7) is 2.87. The van der Waals surface area contributed by atoms with Gasteiger partial charge in [0.05, 0.1) is 46.9 Å². The number of amides is 2. The first-order valence-corrected chi connectivity index (χ1v) is 16.1. The fourth-order valence-corrected chi connectivity index (χ4v) is 5.74. The molecule has 2 N–H and O–H groups in total. The number of fused-ring (bicyclic) bond motifs is 2. The molecular weight excluding hydrogens is 600 g/mol. The molecule has 0 atom stereocenters. The first-order valence-electron chi connectivity index (χ1n) is 16.1. The number of aromatic nitrogens is 4. The van der Waals surface area contributed by atoms with Crippen molar-refractivity contribution in [3.05, 3.63) is 133 Å². The van der Waals surface area contributed by atoms with E-state index in [9.17, 15) is 9.59 Å². The third kappa shape index (κ3) is 9.03. The monoisotopic (exact) mass is 638 g/mol. The SMILES string of the molecule is O=C(CN(CCCCN(CC(=O)Nc1cccc2cccnc12)Cc1ccccn1)Cc1ccccn1)Nc1cccc2cccnc12. The van der Waals surface area contributed by atoms with Gasteiger partial charge in [-0.15, -0.1) is 0 Å². The van der Waals surface area contributed by atoms with E-state index in [0.717, 1.165) is 46.0 Å². The molecule has 0 saturated carbocycles. The normalized spacial score (nSPS) is 11.3. The zero-order valence-corrected chi connectivity index (χ0v) is 26.7. The Morgan fingerprint density at radius 2 is 0.938 bits per heavy atom. The maximum Gasteiger partial charge on any atom is 0.238 e. The summed E-state index contributed by atoms with van der Waals surface area (Å²) in [6, 6.07) is 30.9. The van der Waals surface area contributed by atoms with Gasteiger partial charge < -0.3 is 10.6 Å². The van der Waals surface area contributed by atoms with Crippen LogP contribution in [-0.4, -0.2) is 67.7 Å². The molecule has 2 amide bonds. The molecule has 0 radical (unpaired) electrons. The smallest absolute Gasteiger partial charge is 0.238 e. The Morgan fingerprint density at radius 3 is 1.38 bits per heavy atom. The number of carbonyl (C=O) groups is 2. The van der Waals surface area contributed by atoms with Crippen molar-refractivity contribution in [2.75, 3.05) is 36.8 Å². The molecule has 4 heterocycles. The van der Waals surface area contributed by atoms with Crippen LogP contribution in [-0.2, 0) is 22.7 Å². The highest BCUT2D eigenvalue weighted by Crippen LogP contribution is 2.22. The molecule has 0 fully saturated rings. The number of benzene rings is 2. The Hall–Kier alpha value is -5.58. The van der Waals surface area contributed by atoms with E-state index in [0.29, 0.717) is 37.6 Å². The standard InChI is InChI=1S/C38H38N8O2/c47-35(43-33-17-7-11-29-13-9-21-41-37(29)33)27-45(25-31-15-1-3-19-39-31)23-5-6-24-46(26-32-16-2-4-20-40-32)28-36(48)44-34-18-8-12-30-14-10-22-42-38(30)34/h1-4,7-22H,5-6,23-28H2,(H,43,47)(H,44,48). The third-order valence-corrected chi connectivity index (χ3v) is 7.97. The molecule has 10 nitrogen and oxygen atoms in total. The van der Waals surface area contributed by atoms with Crippen molar-refractivity contribution >= 4 is 45.0 Å². The molecule has 0 unspecified atom stereocenters. The molecule has 6 aromatic rings. The van der Waals surface area contributed by atoms with E-state index in [2.05, 4.69) is 40.4 Å². The van der Waals surface area contributed by atoms with E-state index in [1.165, 1.54) is 0 Å². The highest BCUT2D eigenvalue weighted by molar-refractivity contribution is 6.01. The summed E-state index contributed by atoms with van der Waals surface area (Å²) < 4.78 is 0. The largest absolute Gasteiger partial charge is 0.323 e. The fourth-order valence-electron chi connectivity index (χ4n) is 5.74. The Kier molecular flexibility index (Phi) is 11.0.